The predicted octanol–water partition coefficient (Wildman–Crippen LogP) is 3.17. The fourth-order valence-electron chi connectivity index (χ4n) is 4.00. The molecule has 0 amide bonds. The van der Waals surface area contributed by atoms with Gasteiger partial charge in [-0.25, -0.2) is 0 Å². The summed E-state index contributed by atoms with van der Waals surface area (Å²) < 4.78 is 0. The van der Waals surface area contributed by atoms with E-state index in [2.05, 4.69) is 44.0 Å². The standard InChI is InChI=1S/C17H31N3/c1-13(2)19-17(12-18)8-5-6-16(10-17)20-9-7-14(3)15(4)11-20/h13-16,19H,5-11H2,1-4H3. The van der Waals surface area contributed by atoms with E-state index >= 15 is 0 Å². The number of nitrogens with one attached hydrogen (secondary N) is 1. The van der Waals surface area contributed by atoms with Crippen LogP contribution in [0.3, 0.4) is 0 Å². The van der Waals surface area contributed by atoms with Gasteiger partial charge in [0.25, 0.3) is 0 Å². The Morgan fingerprint density at radius 2 is 2.00 bits per heavy atom. The molecule has 2 fully saturated rings. The van der Waals surface area contributed by atoms with Gasteiger partial charge in [0, 0.05) is 18.6 Å². The average molecular weight is 277 g/mol. The SMILES string of the molecule is CC(C)NC1(C#N)CCCC(N2CCC(C)C(C)C2)C1. The van der Waals surface area contributed by atoms with E-state index in [1.54, 1.807) is 0 Å². The van der Waals surface area contributed by atoms with E-state index in [1.165, 1.54) is 32.4 Å². The highest BCUT2D eigenvalue weighted by atomic mass is 15.2. The summed E-state index contributed by atoms with van der Waals surface area (Å²) >= 11 is 0. The topological polar surface area (TPSA) is 39.1 Å². The van der Waals surface area contributed by atoms with E-state index < -0.39 is 0 Å². The predicted molar refractivity (Wildman–Crippen MR) is 83.4 cm³/mol. The largest absolute Gasteiger partial charge is 0.300 e. The van der Waals surface area contributed by atoms with Crippen molar-refractivity contribution in [1.82, 2.24) is 10.2 Å². The minimum absolute atomic E-state index is 0.288. The molecular formula is C17H31N3. The van der Waals surface area contributed by atoms with Crippen LogP contribution in [0.1, 0.15) is 59.8 Å². The van der Waals surface area contributed by atoms with Crippen molar-refractivity contribution in [2.75, 3.05) is 13.1 Å². The number of nitrogens with zero attached hydrogens (tertiary/aromatic N) is 2. The van der Waals surface area contributed by atoms with Crippen molar-refractivity contribution in [1.29, 1.82) is 5.26 Å². The highest BCUT2D eigenvalue weighted by Gasteiger charge is 2.40. The zero-order valence-corrected chi connectivity index (χ0v) is 13.7. The first-order chi connectivity index (χ1) is 9.46. The monoisotopic (exact) mass is 277 g/mol. The summed E-state index contributed by atoms with van der Waals surface area (Å²) in [5.74, 6) is 1.64. The van der Waals surface area contributed by atoms with Crippen molar-refractivity contribution in [3.63, 3.8) is 0 Å². The molecule has 0 aromatic rings. The molecule has 0 bridgehead atoms. The van der Waals surface area contributed by atoms with Gasteiger partial charge in [0.2, 0.25) is 0 Å². The molecule has 3 nitrogen and oxygen atoms in total. The molecule has 0 aromatic carbocycles. The van der Waals surface area contributed by atoms with Crippen LogP contribution in [0.25, 0.3) is 0 Å². The molecule has 1 aliphatic carbocycles. The smallest absolute Gasteiger partial charge is 0.108 e. The maximum absolute atomic E-state index is 9.67. The fourth-order valence-corrected chi connectivity index (χ4v) is 4.00. The third-order valence-electron chi connectivity index (χ3n) is 5.39. The number of likely N-dealkylation sites (tertiary alicyclic amines) is 1. The molecule has 2 rings (SSSR count). The third-order valence-corrected chi connectivity index (χ3v) is 5.39. The van der Waals surface area contributed by atoms with Gasteiger partial charge in [-0.15, -0.1) is 0 Å². The maximum atomic E-state index is 9.67. The molecule has 20 heavy (non-hydrogen) atoms. The summed E-state index contributed by atoms with van der Waals surface area (Å²) in [5.41, 5.74) is -0.288. The van der Waals surface area contributed by atoms with E-state index in [9.17, 15) is 5.26 Å². The quantitative estimate of drug-likeness (QED) is 0.861. The van der Waals surface area contributed by atoms with Crippen molar-refractivity contribution >= 4 is 0 Å². The summed E-state index contributed by atoms with van der Waals surface area (Å²) in [6, 6.07) is 3.58. The van der Waals surface area contributed by atoms with Gasteiger partial charge in [-0.05, 0) is 64.3 Å². The Bertz CT molecular complexity index is 360. The zero-order valence-electron chi connectivity index (χ0n) is 13.7. The lowest BCUT2D eigenvalue weighted by atomic mass is 9.77. The van der Waals surface area contributed by atoms with Crippen molar-refractivity contribution in [2.45, 2.75) is 77.4 Å². The highest BCUT2D eigenvalue weighted by molar-refractivity contribution is 5.12. The van der Waals surface area contributed by atoms with Crippen molar-refractivity contribution in [3.8, 4) is 6.07 Å². The minimum Gasteiger partial charge on any atom is -0.300 e. The number of piperidine rings is 1. The van der Waals surface area contributed by atoms with Crippen LogP contribution < -0.4 is 5.32 Å². The second-order valence-electron chi connectivity index (χ2n) is 7.48. The molecular weight excluding hydrogens is 246 g/mol. The lowest BCUT2D eigenvalue weighted by Gasteiger charge is -2.46. The van der Waals surface area contributed by atoms with E-state index in [-0.39, 0.29) is 5.54 Å². The van der Waals surface area contributed by atoms with Gasteiger partial charge in [-0.3, -0.25) is 10.2 Å². The first-order valence-electron chi connectivity index (χ1n) is 8.39. The first-order valence-corrected chi connectivity index (χ1v) is 8.39. The Morgan fingerprint density at radius 3 is 2.60 bits per heavy atom. The normalized spacial score (nSPS) is 39.7. The van der Waals surface area contributed by atoms with Crippen molar-refractivity contribution in [3.05, 3.63) is 0 Å². The summed E-state index contributed by atoms with van der Waals surface area (Å²) in [6.45, 7) is 11.5. The molecule has 1 saturated heterocycles. The summed E-state index contributed by atoms with van der Waals surface area (Å²) in [5, 5.41) is 13.2. The molecule has 2 aliphatic rings. The van der Waals surface area contributed by atoms with Crippen LogP contribution >= 0.6 is 0 Å². The molecule has 1 aliphatic heterocycles. The molecule has 114 valence electrons. The maximum Gasteiger partial charge on any atom is 0.108 e. The van der Waals surface area contributed by atoms with Crippen LogP contribution in [-0.2, 0) is 0 Å². The van der Waals surface area contributed by atoms with Crippen molar-refractivity contribution < 1.29 is 0 Å². The average Bonchev–Trinajstić information content (AvgIpc) is 2.41. The fraction of sp³-hybridized carbons (Fsp3) is 0.941. The molecule has 1 N–H and O–H groups in total. The Balaban J connectivity index is 2.01. The second kappa shape index (κ2) is 6.45. The molecule has 4 unspecified atom stereocenters. The molecule has 0 radical (unpaired) electrons. The highest BCUT2D eigenvalue weighted by Crippen LogP contribution is 2.34. The van der Waals surface area contributed by atoms with E-state index in [0.717, 1.165) is 24.7 Å². The van der Waals surface area contributed by atoms with Crippen LogP contribution in [-0.4, -0.2) is 35.6 Å². The third kappa shape index (κ3) is 3.54. The number of nitriles is 1. The van der Waals surface area contributed by atoms with Gasteiger partial charge < -0.3 is 0 Å². The van der Waals surface area contributed by atoms with Crippen LogP contribution in [0.5, 0.6) is 0 Å². The molecule has 4 atom stereocenters. The molecule has 0 aromatic heterocycles. The molecule has 3 heteroatoms. The summed E-state index contributed by atoms with van der Waals surface area (Å²) in [7, 11) is 0. The molecule has 0 spiro atoms. The van der Waals surface area contributed by atoms with E-state index in [0.29, 0.717) is 12.1 Å². The number of rotatable bonds is 3. The van der Waals surface area contributed by atoms with Gasteiger partial charge in [0.15, 0.2) is 0 Å². The lowest BCUT2D eigenvalue weighted by molar-refractivity contribution is 0.0579. The Labute approximate surface area is 124 Å². The zero-order chi connectivity index (χ0) is 14.8. The van der Waals surface area contributed by atoms with Gasteiger partial charge in [0.05, 0.1) is 6.07 Å². The van der Waals surface area contributed by atoms with Gasteiger partial charge in [-0.2, -0.15) is 5.26 Å². The van der Waals surface area contributed by atoms with Crippen LogP contribution in [0.2, 0.25) is 0 Å². The Kier molecular flexibility index (Phi) is 5.09. The summed E-state index contributed by atoms with van der Waals surface area (Å²) in [6.07, 6.45) is 5.78. The second-order valence-corrected chi connectivity index (χ2v) is 7.48. The van der Waals surface area contributed by atoms with Gasteiger partial charge >= 0.3 is 0 Å². The Morgan fingerprint density at radius 1 is 1.25 bits per heavy atom. The number of hydrogen-bond donors (Lipinski definition) is 1. The van der Waals surface area contributed by atoms with E-state index in [4.69, 9.17) is 0 Å². The molecule has 1 heterocycles. The van der Waals surface area contributed by atoms with E-state index in [1.807, 2.05) is 0 Å². The van der Waals surface area contributed by atoms with Gasteiger partial charge in [0.1, 0.15) is 5.54 Å². The summed E-state index contributed by atoms with van der Waals surface area (Å²) in [4.78, 5) is 2.66. The lowest BCUT2D eigenvalue weighted by Crippen LogP contribution is -2.56. The minimum atomic E-state index is -0.288. The first kappa shape index (κ1) is 15.8. The van der Waals surface area contributed by atoms with Crippen LogP contribution in [0, 0.1) is 23.2 Å². The number of hydrogen-bond acceptors (Lipinski definition) is 3. The Hall–Kier alpha value is -0.590. The van der Waals surface area contributed by atoms with Crippen LogP contribution in [0.15, 0.2) is 0 Å². The van der Waals surface area contributed by atoms with Crippen LogP contribution in [0.4, 0.5) is 0 Å². The van der Waals surface area contributed by atoms with Gasteiger partial charge in [-0.1, -0.05) is 13.8 Å². The van der Waals surface area contributed by atoms with Crippen molar-refractivity contribution in [2.24, 2.45) is 11.8 Å². The molecule has 1 saturated carbocycles.